The molecule has 0 aliphatic rings. The summed E-state index contributed by atoms with van der Waals surface area (Å²) < 4.78 is 0. The van der Waals surface area contributed by atoms with Gasteiger partial charge in [0.2, 0.25) is 0 Å². The zero-order valence-electron chi connectivity index (χ0n) is 12.1. The molecule has 0 fully saturated rings. The SMILES string of the molecule is CN(CCc1ccccc1)CCC(C)(C)C(N)=NO. The number of hydrogen-bond donors (Lipinski definition) is 2. The van der Waals surface area contributed by atoms with Gasteiger partial charge >= 0.3 is 0 Å². The van der Waals surface area contributed by atoms with Crippen LogP contribution in [0.4, 0.5) is 0 Å². The van der Waals surface area contributed by atoms with Gasteiger partial charge in [-0.2, -0.15) is 0 Å². The largest absolute Gasteiger partial charge is 0.409 e. The topological polar surface area (TPSA) is 61.8 Å². The van der Waals surface area contributed by atoms with E-state index in [4.69, 9.17) is 10.9 Å². The van der Waals surface area contributed by atoms with Crippen molar-refractivity contribution in [1.82, 2.24) is 4.90 Å². The van der Waals surface area contributed by atoms with E-state index in [0.717, 1.165) is 25.9 Å². The molecule has 0 heterocycles. The van der Waals surface area contributed by atoms with Crippen LogP contribution < -0.4 is 5.73 Å². The Morgan fingerprint density at radius 2 is 1.89 bits per heavy atom. The summed E-state index contributed by atoms with van der Waals surface area (Å²) in [5.74, 6) is 0.295. The van der Waals surface area contributed by atoms with Crippen LogP contribution in [0.5, 0.6) is 0 Å². The van der Waals surface area contributed by atoms with Gasteiger partial charge in [-0.05, 0) is 32.0 Å². The zero-order chi connectivity index (χ0) is 14.3. The van der Waals surface area contributed by atoms with E-state index < -0.39 is 0 Å². The summed E-state index contributed by atoms with van der Waals surface area (Å²) in [5, 5.41) is 11.8. The molecule has 0 saturated heterocycles. The maximum absolute atomic E-state index is 8.74. The second kappa shape index (κ2) is 7.14. The summed E-state index contributed by atoms with van der Waals surface area (Å²) in [4.78, 5) is 2.28. The highest BCUT2D eigenvalue weighted by Crippen LogP contribution is 2.20. The van der Waals surface area contributed by atoms with E-state index >= 15 is 0 Å². The summed E-state index contributed by atoms with van der Waals surface area (Å²) in [6.45, 7) is 5.92. The van der Waals surface area contributed by atoms with Crippen LogP contribution in [-0.2, 0) is 6.42 Å². The number of benzene rings is 1. The molecule has 0 spiro atoms. The molecule has 106 valence electrons. The van der Waals surface area contributed by atoms with Crippen molar-refractivity contribution >= 4 is 5.84 Å². The number of nitrogens with zero attached hydrogens (tertiary/aromatic N) is 2. The average molecular weight is 263 g/mol. The number of rotatable bonds is 7. The van der Waals surface area contributed by atoms with Gasteiger partial charge in [-0.1, -0.05) is 49.3 Å². The van der Waals surface area contributed by atoms with Crippen LogP contribution in [0, 0.1) is 5.41 Å². The lowest BCUT2D eigenvalue weighted by Gasteiger charge is -2.26. The normalized spacial score (nSPS) is 12.9. The number of amidine groups is 1. The maximum Gasteiger partial charge on any atom is 0.144 e. The first-order chi connectivity index (χ1) is 8.95. The van der Waals surface area contributed by atoms with Gasteiger partial charge in [-0.25, -0.2) is 0 Å². The summed E-state index contributed by atoms with van der Waals surface area (Å²) in [6.07, 6.45) is 1.91. The Bertz CT molecular complexity index is 401. The molecule has 0 unspecified atom stereocenters. The lowest BCUT2D eigenvalue weighted by molar-refractivity contribution is 0.278. The molecule has 0 radical (unpaired) electrons. The van der Waals surface area contributed by atoms with Crippen molar-refractivity contribution in [3.05, 3.63) is 35.9 Å². The fraction of sp³-hybridized carbons (Fsp3) is 0.533. The highest BCUT2D eigenvalue weighted by atomic mass is 16.4. The first-order valence-corrected chi connectivity index (χ1v) is 6.66. The number of nitrogens with two attached hydrogens (primary N) is 1. The van der Waals surface area contributed by atoms with E-state index in [9.17, 15) is 0 Å². The molecular weight excluding hydrogens is 238 g/mol. The van der Waals surface area contributed by atoms with Crippen molar-refractivity contribution in [3.8, 4) is 0 Å². The third-order valence-electron chi connectivity index (χ3n) is 3.54. The lowest BCUT2D eigenvalue weighted by Crippen LogP contribution is -2.35. The fourth-order valence-electron chi connectivity index (χ4n) is 1.81. The van der Waals surface area contributed by atoms with Crippen molar-refractivity contribution in [2.75, 3.05) is 20.1 Å². The highest BCUT2D eigenvalue weighted by molar-refractivity contribution is 5.85. The second-order valence-corrected chi connectivity index (χ2v) is 5.66. The Morgan fingerprint density at radius 3 is 2.47 bits per heavy atom. The van der Waals surface area contributed by atoms with E-state index in [-0.39, 0.29) is 5.41 Å². The summed E-state index contributed by atoms with van der Waals surface area (Å²) in [5.41, 5.74) is 6.77. The molecule has 4 nitrogen and oxygen atoms in total. The number of likely N-dealkylation sites (N-methyl/N-ethyl adjacent to an activating group) is 1. The van der Waals surface area contributed by atoms with Gasteiger partial charge in [-0.3, -0.25) is 0 Å². The van der Waals surface area contributed by atoms with Gasteiger partial charge in [-0.15, -0.1) is 0 Å². The fourth-order valence-corrected chi connectivity index (χ4v) is 1.81. The van der Waals surface area contributed by atoms with Gasteiger partial charge in [0, 0.05) is 12.0 Å². The van der Waals surface area contributed by atoms with Gasteiger partial charge < -0.3 is 15.8 Å². The predicted octanol–water partition coefficient (Wildman–Crippen LogP) is 2.32. The van der Waals surface area contributed by atoms with Crippen LogP contribution in [0.2, 0.25) is 0 Å². The Kier molecular flexibility index (Phi) is 5.83. The molecule has 1 aromatic carbocycles. The molecule has 0 aromatic heterocycles. The molecule has 0 atom stereocenters. The van der Waals surface area contributed by atoms with Crippen LogP contribution in [-0.4, -0.2) is 36.1 Å². The zero-order valence-corrected chi connectivity index (χ0v) is 12.1. The molecule has 19 heavy (non-hydrogen) atoms. The summed E-state index contributed by atoms with van der Waals surface area (Å²) in [7, 11) is 2.10. The molecule has 0 aliphatic carbocycles. The van der Waals surface area contributed by atoms with Crippen LogP contribution in [0.25, 0.3) is 0 Å². The molecule has 0 aliphatic heterocycles. The van der Waals surface area contributed by atoms with Crippen LogP contribution >= 0.6 is 0 Å². The Morgan fingerprint density at radius 1 is 1.26 bits per heavy atom. The maximum atomic E-state index is 8.74. The molecule has 3 N–H and O–H groups in total. The standard InChI is InChI=1S/C15H25N3O/c1-15(2,14(16)17-19)10-12-18(3)11-9-13-7-5-4-6-8-13/h4-8,19H,9-12H2,1-3H3,(H2,16,17). The highest BCUT2D eigenvalue weighted by Gasteiger charge is 2.23. The van der Waals surface area contributed by atoms with Gasteiger partial charge in [0.15, 0.2) is 0 Å². The monoisotopic (exact) mass is 263 g/mol. The molecule has 0 saturated carbocycles. The smallest absolute Gasteiger partial charge is 0.144 e. The van der Waals surface area contributed by atoms with Crippen molar-refractivity contribution in [2.24, 2.45) is 16.3 Å². The average Bonchev–Trinajstić information content (AvgIpc) is 2.43. The predicted molar refractivity (Wildman–Crippen MR) is 79.4 cm³/mol. The molecule has 0 amide bonds. The number of oxime groups is 1. The molecule has 1 aromatic rings. The van der Waals surface area contributed by atoms with Crippen molar-refractivity contribution in [3.63, 3.8) is 0 Å². The second-order valence-electron chi connectivity index (χ2n) is 5.66. The summed E-state index contributed by atoms with van der Waals surface area (Å²) >= 11 is 0. The Hall–Kier alpha value is -1.55. The third-order valence-corrected chi connectivity index (χ3v) is 3.54. The van der Waals surface area contributed by atoms with Crippen molar-refractivity contribution in [2.45, 2.75) is 26.7 Å². The van der Waals surface area contributed by atoms with Gasteiger partial charge in [0.1, 0.15) is 5.84 Å². The van der Waals surface area contributed by atoms with Crippen LogP contribution in [0.3, 0.4) is 0 Å². The van der Waals surface area contributed by atoms with Gasteiger partial charge in [0.25, 0.3) is 0 Å². The molecule has 1 rings (SSSR count). The van der Waals surface area contributed by atoms with E-state index in [1.54, 1.807) is 0 Å². The van der Waals surface area contributed by atoms with Crippen molar-refractivity contribution < 1.29 is 5.21 Å². The molecule has 0 bridgehead atoms. The quantitative estimate of drug-likeness (QED) is 0.343. The number of hydrogen-bond acceptors (Lipinski definition) is 3. The third kappa shape index (κ3) is 5.30. The van der Waals surface area contributed by atoms with Crippen LogP contribution in [0.1, 0.15) is 25.8 Å². The molecule has 4 heteroatoms. The minimum Gasteiger partial charge on any atom is -0.409 e. The van der Waals surface area contributed by atoms with E-state index in [1.165, 1.54) is 5.56 Å². The van der Waals surface area contributed by atoms with E-state index in [2.05, 4.69) is 41.4 Å². The lowest BCUT2D eigenvalue weighted by atomic mass is 9.88. The minimum atomic E-state index is -0.268. The first-order valence-electron chi connectivity index (χ1n) is 6.66. The minimum absolute atomic E-state index is 0.268. The Balaban J connectivity index is 2.34. The van der Waals surface area contributed by atoms with Crippen molar-refractivity contribution in [1.29, 1.82) is 0 Å². The van der Waals surface area contributed by atoms with E-state index in [0.29, 0.717) is 5.84 Å². The summed E-state index contributed by atoms with van der Waals surface area (Å²) in [6, 6.07) is 10.5. The first kappa shape index (κ1) is 15.5. The Labute approximate surface area is 115 Å². The van der Waals surface area contributed by atoms with Gasteiger partial charge in [0.05, 0.1) is 0 Å². The molecular formula is C15H25N3O. The van der Waals surface area contributed by atoms with Crippen LogP contribution in [0.15, 0.2) is 35.5 Å². The van der Waals surface area contributed by atoms with E-state index in [1.807, 2.05) is 19.9 Å².